The number of aromatic nitrogens is 2. The van der Waals surface area contributed by atoms with Gasteiger partial charge in [0.15, 0.2) is 0 Å². The molecule has 1 heterocycles. The first-order valence-electron chi connectivity index (χ1n) is 6.33. The smallest absolute Gasteiger partial charge is 0.125 e. The Labute approximate surface area is 106 Å². The molecule has 0 bridgehead atoms. The highest BCUT2D eigenvalue weighted by atomic mass is 16.3. The second-order valence-electron chi connectivity index (χ2n) is 4.90. The van der Waals surface area contributed by atoms with Crippen LogP contribution in [0.3, 0.4) is 0 Å². The molecule has 0 aliphatic heterocycles. The Balaban J connectivity index is 1.98. The molecule has 4 nitrogen and oxygen atoms in total. The van der Waals surface area contributed by atoms with Crippen molar-refractivity contribution in [2.24, 2.45) is 0 Å². The van der Waals surface area contributed by atoms with Crippen molar-refractivity contribution in [3.8, 4) is 0 Å². The van der Waals surface area contributed by atoms with E-state index >= 15 is 0 Å². The molecule has 1 aromatic carbocycles. The number of nitrogens with one attached hydrogen (secondary N) is 1. The van der Waals surface area contributed by atoms with Gasteiger partial charge in [-0.05, 0) is 29.9 Å². The number of rotatable bonds is 3. The second kappa shape index (κ2) is 4.46. The Morgan fingerprint density at radius 1 is 1.28 bits per heavy atom. The third-order valence-electron chi connectivity index (χ3n) is 3.83. The zero-order valence-electron chi connectivity index (χ0n) is 10.1. The molecule has 2 aromatic rings. The van der Waals surface area contributed by atoms with Gasteiger partial charge in [0.05, 0.1) is 6.20 Å². The van der Waals surface area contributed by atoms with Crippen molar-refractivity contribution < 1.29 is 5.11 Å². The highest BCUT2D eigenvalue weighted by Gasteiger charge is 2.25. The Hall–Kier alpha value is -1.81. The summed E-state index contributed by atoms with van der Waals surface area (Å²) in [7, 11) is 0. The lowest BCUT2D eigenvalue weighted by atomic mass is 9.77. The molecule has 0 radical (unpaired) electrons. The lowest BCUT2D eigenvalue weighted by Gasteiger charge is -2.29. The molecular formula is C14H17N3O. The molecule has 1 aliphatic rings. The molecule has 1 aliphatic carbocycles. The first kappa shape index (κ1) is 11.3. The lowest BCUT2D eigenvalue weighted by Crippen LogP contribution is -2.13. The molecule has 18 heavy (non-hydrogen) atoms. The van der Waals surface area contributed by atoms with Crippen molar-refractivity contribution in [1.29, 1.82) is 0 Å². The third kappa shape index (κ3) is 1.78. The standard InChI is InChI=1S/C14H17N3O/c15-14-12(8-16-17-14)13(18)11-7-2-1-6-10(11)9-4-3-5-9/h1-2,6-9,13,18H,3-5H2,(H3,15,16,17). The van der Waals surface area contributed by atoms with Gasteiger partial charge in [-0.15, -0.1) is 0 Å². The van der Waals surface area contributed by atoms with Crippen LogP contribution in [0.1, 0.15) is 48.0 Å². The van der Waals surface area contributed by atoms with Crippen LogP contribution in [0.4, 0.5) is 5.82 Å². The van der Waals surface area contributed by atoms with Crippen molar-refractivity contribution in [2.45, 2.75) is 31.3 Å². The van der Waals surface area contributed by atoms with Crippen molar-refractivity contribution in [2.75, 3.05) is 5.73 Å². The molecule has 4 heteroatoms. The number of aromatic amines is 1. The van der Waals surface area contributed by atoms with Gasteiger partial charge >= 0.3 is 0 Å². The van der Waals surface area contributed by atoms with E-state index in [0.717, 1.165) is 5.56 Å². The summed E-state index contributed by atoms with van der Waals surface area (Å²) in [5, 5.41) is 17.0. The normalized spacial score (nSPS) is 17.4. The Morgan fingerprint density at radius 3 is 2.67 bits per heavy atom. The monoisotopic (exact) mass is 243 g/mol. The quantitative estimate of drug-likeness (QED) is 0.774. The number of H-pyrrole nitrogens is 1. The van der Waals surface area contributed by atoms with E-state index < -0.39 is 6.10 Å². The average molecular weight is 243 g/mol. The van der Waals surface area contributed by atoms with Gasteiger partial charge < -0.3 is 10.8 Å². The molecule has 0 saturated heterocycles. The molecule has 1 unspecified atom stereocenters. The average Bonchev–Trinajstić information content (AvgIpc) is 2.73. The Kier molecular flexibility index (Phi) is 2.80. The van der Waals surface area contributed by atoms with Gasteiger partial charge in [-0.2, -0.15) is 5.10 Å². The maximum absolute atomic E-state index is 10.5. The number of hydrogen-bond donors (Lipinski definition) is 3. The fraction of sp³-hybridized carbons (Fsp3) is 0.357. The number of nitrogen functional groups attached to an aromatic ring is 1. The molecule has 3 rings (SSSR count). The fourth-order valence-electron chi connectivity index (χ4n) is 2.54. The van der Waals surface area contributed by atoms with Gasteiger partial charge in [0.2, 0.25) is 0 Å². The SMILES string of the molecule is Nc1[nH]ncc1C(O)c1ccccc1C1CCC1. The molecule has 0 spiro atoms. The molecule has 0 amide bonds. The summed E-state index contributed by atoms with van der Waals surface area (Å²) in [5.74, 6) is 1.02. The predicted octanol–water partition coefficient (Wildman–Crippen LogP) is 2.34. The molecule has 4 N–H and O–H groups in total. The molecule has 1 saturated carbocycles. The van der Waals surface area contributed by atoms with E-state index in [9.17, 15) is 5.11 Å². The summed E-state index contributed by atoms with van der Waals surface area (Å²) in [6, 6.07) is 8.07. The van der Waals surface area contributed by atoms with E-state index in [2.05, 4.69) is 16.3 Å². The van der Waals surface area contributed by atoms with Crippen molar-refractivity contribution in [3.63, 3.8) is 0 Å². The van der Waals surface area contributed by atoms with Crippen LogP contribution in [0.2, 0.25) is 0 Å². The minimum Gasteiger partial charge on any atom is -0.384 e. The first-order valence-corrected chi connectivity index (χ1v) is 6.33. The van der Waals surface area contributed by atoms with Gasteiger partial charge in [0.1, 0.15) is 11.9 Å². The Bertz CT molecular complexity index is 545. The van der Waals surface area contributed by atoms with Crippen LogP contribution in [0.25, 0.3) is 0 Å². The lowest BCUT2D eigenvalue weighted by molar-refractivity contribution is 0.218. The first-order chi connectivity index (χ1) is 8.77. The van der Waals surface area contributed by atoms with Gasteiger partial charge in [-0.25, -0.2) is 0 Å². The zero-order chi connectivity index (χ0) is 12.5. The minimum absolute atomic E-state index is 0.436. The van der Waals surface area contributed by atoms with Crippen molar-refractivity contribution in [1.82, 2.24) is 10.2 Å². The Morgan fingerprint density at radius 2 is 2.06 bits per heavy atom. The second-order valence-corrected chi connectivity index (χ2v) is 4.90. The van der Waals surface area contributed by atoms with Crippen LogP contribution >= 0.6 is 0 Å². The van der Waals surface area contributed by atoms with Crippen molar-refractivity contribution in [3.05, 3.63) is 47.2 Å². The topological polar surface area (TPSA) is 74.9 Å². The van der Waals surface area contributed by atoms with Gasteiger partial charge in [-0.3, -0.25) is 5.10 Å². The molecule has 1 aromatic heterocycles. The fourth-order valence-corrected chi connectivity index (χ4v) is 2.54. The maximum Gasteiger partial charge on any atom is 0.125 e. The summed E-state index contributed by atoms with van der Waals surface area (Å²) in [6.07, 6.45) is 4.61. The summed E-state index contributed by atoms with van der Waals surface area (Å²) in [6.45, 7) is 0. The van der Waals surface area contributed by atoms with E-state index in [1.165, 1.54) is 24.8 Å². The summed E-state index contributed by atoms with van der Waals surface area (Å²) in [5.41, 5.74) is 8.63. The maximum atomic E-state index is 10.5. The molecule has 1 atom stereocenters. The summed E-state index contributed by atoms with van der Waals surface area (Å²) >= 11 is 0. The summed E-state index contributed by atoms with van der Waals surface area (Å²) < 4.78 is 0. The van der Waals surface area contributed by atoms with Crippen LogP contribution in [-0.2, 0) is 0 Å². The number of benzene rings is 1. The summed E-state index contributed by atoms with van der Waals surface area (Å²) in [4.78, 5) is 0. The van der Waals surface area contributed by atoms with Crippen molar-refractivity contribution >= 4 is 5.82 Å². The van der Waals surface area contributed by atoms with Crippen LogP contribution < -0.4 is 5.73 Å². The number of anilines is 1. The highest BCUT2D eigenvalue weighted by Crippen LogP contribution is 2.40. The van der Waals surface area contributed by atoms with Crippen LogP contribution in [0.15, 0.2) is 30.5 Å². The number of hydrogen-bond acceptors (Lipinski definition) is 3. The number of aliphatic hydroxyl groups excluding tert-OH is 1. The van der Waals surface area contributed by atoms with Crippen LogP contribution in [-0.4, -0.2) is 15.3 Å². The highest BCUT2D eigenvalue weighted by molar-refractivity contribution is 5.46. The largest absolute Gasteiger partial charge is 0.384 e. The van der Waals surface area contributed by atoms with Gasteiger partial charge in [0.25, 0.3) is 0 Å². The van der Waals surface area contributed by atoms with E-state index in [-0.39, 0.29) is 0 Å². The molecule has 94 valence electrons. The van der Waals surface area contributed by atoms with Crippen LogP contribution in [0, 0.1) is 0 Å². The van der Waals surface area contributed by atoms with Crippen LogP contribution in [0.5, 0.6) is 0 Å². The molecule has 1 fully saturated rings. The van der Waals surface area contributed by atoms with E-state index in [4.69, 9.17) is 5.73 Å². The minimum atomic E-state index is -0.694. The van der Waals surface area contributed by atoms with E-state index in [1.807, 2.05) is 18.2 Å². The van der Waals surface area contributed by atoms with E-state index in [1.54, 1.807) is 6.20 Å². The zero-order valence-corrected chi connectivity index (χ0v) is 10.1. The number of aliphatic hydroxyl groups is 1. The van der Waals surface area contributed by atoms with Gasteiger partial charge in [0, 0.05) is 5.56 Å². The van der Waals surface area contributed by atoms with Gasteiger partial charge in [-0.1, -0.05) is 30.7 Å². The third-order valence-corrected chi connectivity index (χ3v) is 3.83. The molecular weight excluding hydrogens is 226 g/mol. The predicted molar refractivity (Wildman–Crippen MR) is 70.1 cm³/mol. The number of nitrogens with zero attached hydrogens (tertiary/aromatic N) is 1. The number of nitrogens with two attached hydrogens (primary N) is 1. The van der Waals surface area contributed by atoms with E-state index in [0.29, 0.717) is 17.3 Å².